The second-order valence-electron chi connectivity index (χ2n) is 7.64. The fourth-order valence-electron chi connectivity index (χ4n) is 3.82. The van der Waals surface area contributed by atoms with Crippen molar-refractivity contribution in [2.24, 2.45) is 0 Å². The maximum absolute atomic E-state index is 12.7. The molecule has 0 aliphatic rings. The minimum absolute atomic E-state index is 0.0689. The number of rotatable bonds is 7. The van der Waals surface area contributed by atoms with Crippen LogP contribution in [0.15, 0.2) is 90.0 Å². The van der Waals surface area contributed by atoms with Crippen LogP contribution in [0.5, 0.6) is 0 Å². The smallest absolute Gasteiger partial charge is 0.261 e. The molecular formula is C26H25N3O2. The van der Waals surface area contributed by atoms with Gasteiger partial charge in [-0.1, -0.05) is 72.8 Å². The number of hydrogen-bond acceptors (Lipinski definition) is 3. The second-order valence-corrected chi connectivity index (χ2v) is 7.64. The third-order valence-electron chi connectivity index (χ3n) is 5.54. The molecule has 0 spiro atoms. The van der Waals surface area contributed by atoms with E-state index in [1.165, 1.54) is 10.9 Å². The molecule has 5 heteroatoms. The Morgan fingerprint density at radius 2 is 1.58 bits per heavy atom. The first-order chi connectivity index (χ1) is 15.1. The van der Waals surface area contributed by atoms with Crippen molar-refractivity contribution in [3.63, 3.8) is 0 Å². The van der Waals surface area contributed by atoms with Gasteiger partial charge in [0.15, 0.2) is 0 Å². The Balaban J connectivity index is 1.43. The Morgan fingerprint density at radius 1 is 0.935 bits per heavy atom. The number of hydrogen-bond donors (Lipinski definition) is 1. The van der Waals surface area contributed by atoms with Crippen molar-refractivity contribution in [2.45, 2.75) is 25.8 Å². The van der Waals surface area contributed by atoms with Gasteiger partial charge in [-0.15, -0.1) is 0 Å². The van der Waals surface area contributed by atoms with Crippen molar-refractivity contribution in [1.82, 2.24) is 14.9 Å². The lowest BCUT2D eigenvalue weighted by atomic mass is 9.91. The highest BCUT2D eigenvalue weighted by Crippen LogP contribution is 2.23. The Hall–Kier alpha value is -3.73. The lowest BCUT2D eigenvalue weighted by molar-refractivity contribution is -0.121. The van der Waals surface area contributed by atoms with Crippen LogP contribution in [0.3, 0.4) is 0 Å². The topological polar surface area (TPSA) is 64.0 Å². The molecule has 0 bridgehead atoms. The molecule has 3 aromatic carbocycles. The normalized spacial score (nSPS) is 11.0. The first-order valence-electron chi connectivity index (χ1n) is 10.4. The highest BCUT2D eigenvalue weighted by Gasteiger charge is 2.15. The number of carbonyl (C=O) groups excluding carboxylic acids is 1. The molecule has 1 amide bonds. The van der Waals surface area contributed by atoms with Gasteiger partial charge < -0.3 is 5.32 Å². The monoisotopic (exact) mass is 411 g/mol. The van der Waals surface area contributed by atoms with Crippen LogP contribution in [-0.2, 0) is 11.3 Å². The summed E-state index contributed by atoms with van der Waals surface area (Å²) < 4.78 is 1.51. The van der Waals surface area contributed by atoms with Crippen molar-refractivity contribution in [2.75, 3.05) is 6.54 Å². The van der Waals surface area contributed by atoms with Crippen LogP contribution in [0, 0.1) is 6.92 Å². The summed E-state index contributed by atoms with van der Waals surface area (Å²) in [4.78, 5) is 29.7. The molecule has 0 atom stereocenters. The van der Waals surface area contributed by atoms with E-state index in [0.717, 1.165) is 16.7 Å². The summed E-state index contributed by atoms with van der Waals surface area (Å²) in [6.45, 7) is 2.72. The minimum atomic E-state index is -0.118. The molecule has 0 fully saturated rings. The summed E-state index contributed by atoms with van der Waals surface area (Å²) >= 11 is 0. The van der Waals surface area contributed by atoms with Crippen LogP contribution < -0.4 is 10.9 Å². The van der Waals surface area contributed by atoms with E-state index >= 15 is 0 Å². The van der Waals surface area contributed by atoms with Gasteiger partial charge in [0.2, 0.25) is 5.91 Å². The predicted molar refractivity (Wildman–Crippen MR) is 123 cm³/mol. The Labute approximate surface area is 181 Å². The Bertz CT molecular complexity index is 1190. The number of fused-ring (bicyclic) bond motifs is 1. The van der Waals surface area contributed by atoms with Crippen molar-refractivity contribution in [3.8, 4) is 0 Å². The lowest BCUT2D eigenvalue weighted by Crippen LogP contribution is -2.31. The first kappa shape index (κ1) is 20.5. The zero-order valence-electron chi connectivity index (χ0n) is 17.5. The quantitative estimate of drug-likeness (QED) is 0.499. The van der Waals surface area contributed by atoms with Gasteiger partial charge in [0, 0.05) is 25.4 Å². The molecule has 4 rings (SSSR count). The molecule has 1 aromatic heterocycles. The Kier molecular flexibility index (Phi) is 6.22. The van der Waals surface area contributed by atoms with Crippen molar-refractivity contribution >= 4 is 16.8 Å². The lowest BCUT2D eigenvalue weighted by Gasteiger charge is -2.19. The van der Waals surface area contributed by atoms with Gasteiger partial charge in [-0.25, -0.2) is 4.98 Å². The summed E-state index contributed by atoms with van der Waals surface area (Å²) in [5.41, 5.74) is 3.86. The van der Waals surface area contributed by atoms with E-state index in [-0.39, 0.29) is 23.8 Å². The standard InChI is InChI=1S/C26H25N3O2/c1-19-9-8-14-22-25(19)28-18-29(26(22)31)16-15-24(30)27-17-23(20-10-4-2-5-11-20)21-12-6-3-7-13-21/h2-14,18,23H,15-17H2,1H3,(H,27,30). The second kappa shape index (κ2) is 9.39. The van der Waals surface area contributed by atoms with Gasteiger partial charge in [-0.2, -0.15) is 0 Å². The molecule has 0 saturated heterocycles. The highest BCUT2D eigenvalue weighted by atomic mass is 16.1. The average molecular weight is 412 g/mol. The minimum Gasteiger partial charge on any atom is -0.355 e. The van der Waals surface area contributed by atoms with Crippen LogP contribution in [-0.4, -0.2) is 22.0 Å². The van der Waals surface area contributed by atoms with E-state index in [1.807, 2.05) is 55.5 Å². The zero-order valence-corrected chi connectivity index (χ0v) is 17.5. The highest BCUT2D eigenvalue weighted by molar-refractivity contribution is 5.80. The van der Waals surface area contributed by atoms with Crippen molar-refractivity contribution < 1.29 is 4.79 Å². The third-order valence-corrected chi connectivity index (χ3v) is 5.54. The van der Waals surface area contributed by atoms with Crippen LogP contribution in [0.2, 0.25) is 0 Å². The largest absolute Gasteiger partial charge is 0.355 e. The van der Waals surface area contributed by atoms with Gasteiger partial charge in [0.05, 0.1) is 17.2 Å². The van der Waals surface area contributed by atoms with Crippen molar-refractivity contribution in [1.29, 1.82) is 0 Å². The number of benzene rings is 3. The number of amides is 1. The molecule has 156 valence electrons. The summed E-state index contributed by atoms with van der Waals surface area (Å²) in [5.74, 6) is -0.0208. The van der Waals surface area contributed by atoms with E-state index in [4.69, 9.17) is 0 Å². The molecule has 0 aliphatic carbocycles. The van der Waals surface area contributed by atoms with Crippen molar-refractivity contribution in [3.05, 3.63) is 112 Å². The summed E-state index contributed by atoms with van der Waals surface area (Å²) in [6, 6.07) is 25.9. The SMILES string of the molecule is Cc1cccc2c(=O)n(CCC(=O)NCC(c3ccccc3)c3ccccc3)cnc12. The van der Waals surface area contributed by atoms with E-state index in [2.05, 4.69) is 34.6 Å². The van der Waals surface area contributed by atoms with Gasteiger partial charge in [-0.3, -0.25) is 14.2 Å². The number of nitrogens with one attached hydrogen (secondary N) is 1. The van der Waals surface area contributed by atoms with Gasteiger partial charge in [0.25, 0.3) is 5.56 Å². The fourth-order valence-corrected chi connectivity index (χ4v) is 3.82. The van der Waals surface area contributed by atoms with E-state index in [1.54, 1.807) is 6.07 Å². The number of carbonyl (C=O) groups is 1. The number of aryl methyl sites for hydroxylation is 2. The zero-order chi connectivity index (χ0) is 21.6. The van der Waals surface area contributed by atoms with E-state index < -0.39 is 0 Å². The molecular weight excluding hydrogens is 386 g/mol. The molecule has 4 aromatic rings. The van der Waals surface area contributed by atoms with Crippen LogP contribution >= 0.6 is 0 Å². The average Bonchev–Trinajstić information content (AvgIpc) is 2.81. The van der Waals surface area contributed by atoms with Crippen LogP contribution in [0.4, 0.5) is 0 Å². The molecule has 5 nitrogen and oxygen atoms in total. The maximum atomic E-state index is 12.7. The Morgan fingerprint density at radius 3 is 2.23 bits per heavy atom. The van der Waals surface area contributed by atoms with Crippen LogP contribution in [0.25, 0.3) is 10.9 Å². The van der Waals surface area contributed by atoms with Gasteiger partial charge >= 0.3 is 0 Å². The predicted octanol–water partition coefficient (Wildman–Crippen LogP) is 4.04. The molecule has 0 aliphatic heterocycles. The van der Waals surface area contributed by atoms with Crippen LogP contribution in [0.1, 0.15) is 29.0 Å². The molecule has 1 heterocycles. The molecule has 31 heavy (non-hydrogen) atoms. The van der Waals surface area contributed by atoms with Gasteiger partial charge in [0.1, 0.15) is 0 Å². The number of para-hydroxylation sites is 1. The third kappa shape index (κ3) is 4.72. The molecule has 0 unspecified atom stereocenters. The number of nitrogens with zero attached hydrogens (tertiary/aromatic N) is 2. The summed E-state index contributed by atoms with van der Waals surface area (Å²) in [5, 5.41) is 3.62. The molecule has 0 saturated carbocycles. The summed E-state index contributed by atoms with van der Waals surface area (Å²) in [7, 11) is 0. The number of aromatic nitrogens is 2. The first-order valence-corrected chi connectivity index (χ1v) is 10.4. The van der Waals surface area contributed by atoms with Gasteiger partial charge in [-0.05, 0) is 29.7 Å². The molecule has 1 N–H and O–H groups in total. The fraction of sp³-hybridized carbons (Fsp3) is 0.192. The maximum Gasteiger partial charge on any atom is 0.261 e. The molecule has 0 radical (unpaired) electrons. The van der Waals surface area contributed by atoms with E-state index in [9.17, 15) is 9.59 Å². The summed E-state index contributed by atoms with van der Waals surface area (Å²) in [6.07, 6.45) is 1.75. The van der Waals surface area contributed by atoms with E-state index in [0.29, 0.717) is 24.0 Å².